The lowest BCUT2D eigenvalue weighted by Gasteiger charge is -2.40. The van der Waals surface area contributed by atoms with E-state index in [4.69, 9.17) is 16.1 Å². The van der Waals surface area contributed by atoms with Gasteiger partial charge in [0.1, 0.15) is 10.6 Å². The van der Waals surface area contributed by atoms with Crippen molar-refractivity contribution >= 4 is 33.3 Å². The van der Waals surface area contributed by atoms with Crippen LogP contribution in [0.3, 0.4) is 0 Å². The van der Waals surface area contributed by atoms with Gasteiger partial charge in [-0.1, -0.05) is 79.3 Å². The van der Waals surface area contributed by atoms with Gasteiger partial charge in [0.2, 0.25) is 5.82 Å². The Kier molecular flexibility index (Phi) is 8.62. The van der Waals surface area contributed by atoms with Crippen molar-refractivity contribution in [2.75, 3.05) is 4.72 Å². The van der Waals surface area contributed by atoms with E-state index in [-0.39, 0.29) is 28.1 Å². The van der Waals surface area contributed by atoms with Crippen molar-refractivity contribution in [2.45, 2.75) is 82.2 Å². The van der Waals surface area contributed by atoms with Crippen molar-refractivity contribution in [1.29, 1.82) is 5.26 Å². The van der Waals surface area contributed by atoms with Gasteiger partial charge in [-0.2, -0.15) is 5.26 Å². The molecule has 5 rings (SSSR count). The monoisotopic (exact) mass is 607 g/mol. The average molecular weight is 608 g/mol. The SMILES string of the molecule is CCCCC1=CNC2(CCCC2)C(=O)N1Cc1ccc(-c2ccccc2S(=O)(=O)Nc2noc(C)c2Cl)c(CC#N)c1. The summed E-state index contributed by atoms with van der Waals surface area (Å²) < 4.78 is 34.3. The number of benzene rings is 2. The molecule has 1 saturated carbocycles. The number of allylic oxidation sites excluding steroid dienone is 1. The molecule has 2 N–H and O–H groups in total. The largest absolute Gasteiger partial charge is 0.376 e. The summed E-state index contributed by atoms with van der Waals surface area (Å²) >= 11 is 6.16. The molecule has 1 fully saturated rings. The standard InChI is InChI=1S/C31H34ClN5O4S/c1-3-4-9-24-19-34-31(15-7-8-16-31)30(38)37(24)20-22-12-13-25(23(18-22)14-17-33)26-10-5-6-11-27(26)42(39,40)36-29-28(32)21(2)41-35-29/h5-6,10-13,18-19,34H,3-4,7-9,14-16,20H2,1-2H3,(H,35,36). The molecule has 220 valence electrons. The molecule has 2 aliphatic rings. The number of carbonyl (C=O) groups excluding carboxylic acids is 1. The molecule has 11 heteroatoms. The Hall–Kier alpha value is -3.81. The number of nitriles is 1. The summed E-state index contributed by atoms with van der Waals surface area (Å²) in [4.78, 5) is 15.7. The summed E-state index contributed by atoms with van der Waals surface area (Å²) in [6.45, 7) is 4.09. The highest BCUT2D eigenvalue weighted by atomic mass is 35.5. The van der Waals surface area contributed by atoms with Crippen LogP contribution in [-0.4, -0.2) is 29.9 Å². The number of amides is 1. The fourth-order valence-corrected chi connectivity index (χ4v) is 7.18. The van der Waals surface area contributed by atoms with Gasteiger partial charge in [0.25, 0.3) is 15.9 Å². The summed E-state index contributed by atoms with van der Waals surface area (Å²) in [5, 5.41) is 16.9. The first-order valence-electron chi connectivity index (χ1n) is 14.2. The topological polar surface area (TPSA) is 128 Å². The predicted octanol–water partition coefficient (Wildman–Crippen LogP) is 6.45. The highest BCUT2D eigenvalue weighted by molar-refractivity contribution is 7.92. The number of sulfonamides is 1. The number of halogens is 1. The second-order valence-electron chi connectivity index (χ2n) is 10.9. The molecule has 0 unspecified atom stereocenters. The molecule has 0 saturated heterocycles. The zero-order valence-electron chi connectivity index (χ0n) is 23.7. The lowest BCUT2D eigenvalue weighted by atomic mass is 9.91. The van der Waals surface area contributed by atoms with E-state index in [1.807, 2.05) is 29.3 Å². The minimum absolute atomic E-state index is 0.0129. The number of nitrogens with zero attached hydrogens (tertiary/aromatic N) is 3. The van der Waals surface area contributed by atoms with Crippen LogP contribution in [-0.2, 0) is 27.8 Å². The van der Waals surface area contributed by atoms with Gasteiger partial charge in [-0.05, 0) is 55.4 Å². The van der Waals surface area contributed by atoms with Crippen LogP contribution in [0, 0.1) is 18.3 Å². The molecule has 1 aliphatic heterocycles. The van der Waals surface area contributed by atoms with Gasteiger partial charge in [0.05, 0.1) is 23.9 Å². The summed E-state index contributed by atoms with van der Waals surface area (Å²) in [5.41, 5.74) is 3.02. The highest BCUT2D eigenvalue weighted by Gasteiger charge is 2.46. The quantitative estimate of drug-likeness (QED) is 0.271. The predicted molar refractivity (Wildman–Crippen MR) is 161 cm³/mol. The number of nitrogens with one attached hydrogen (secondary N) is 2. The third-order valence-corrected chi connectivity index (χ3v) is 9.87. The van der Waals surface area contributed by atoms with Crippen molar-refractivity contribution in [3.63, 3.8) is 0 Å². The Balaban J connectivity index is 1.49. The van der Waals surface area contributed by atoms with E-state index < -0.39 is 15.6 Å². The van der Waals surface area contributed by atoms with Crippen molar-refractivity contribution in [2.24, 2.45) is 0 Å². The first-order chi connectivity index (χ1) is 20.2. The fraction of sp³-hybridized carbons (Fsp3) is 0.387. The third kappa shape index (κ3) is 5.76. The Morgan fingerprint density at radius 1 is 1.19 bits per heavy atom. The molecule has 9 nitrogen and oxygen atoms in total. The Morgan fingerprint density at radius 3 is 2.64 bits per heavy atom. The molecule has 42 heavy (non-hydrogen) atoms. The molecule has 1 amide bonds. The van der Waals surface area contributed by atoms with Crippen molar-refractivity contribution < 1.29 is 17.7 Å². The molecule has 0 radical (unpaired) electrons. The van der Waals surface area contributed by atoms with E-state index in [0.29, 0.717) is 29.0 Å². The molecular weight excluding hydrogens is 574 g/mol. The van der Waals surface area contributed by atoms with E-state index >= 15 is 0 Å². The van der Waals surface area contributed by atoms with Crippen LogP contribution in [0.5, 0.6) is 0 Å². The number of aryl methyl sites for hydroxylation is 1. The number of aromatic nitrogens is 1. The molecule has 2 aromatic carbocycles. The second-order valence-corrected chi connectivity index (χ2v) is 12.9. The minimum Gasteiger partial charge on any atom is -0.376 e. The van der Waals surface area contributed by atoms with E-state index in [1.165, 1.54) is 6.07 Å². The lowest BCUT2D eigenvalue weighted by molar-refractivity contribution is -0.137. The molecule has 1 aliphatic carbocycles. The first-order valence-corrected chi connectivity index (χ1v) is 16.1. The maximum Gasteiger partial charge on any atom is 0.263 e. The molecule has 1 aromatic heterocycles. The Morgan fingerprint density at radius 2 is 1.95 bits per heavy atom. The number of hydrogen-bond donors (Lipinski definition) is 2. The maximum atomic E-state index is 13.8. The Bertz CT molecular complexity index is 1670. The number of carbonyl (C=O) groups is 1. The highest BCUT2D eigenvalue weighted by Crippen LogP contribution is 2.38. The summed E-state index contributed by atoms with van der Waals surface area (Å²) in [6.07, 6.45) is 8.54. The van der Waals surface area contributed by atoms with E-state index in [0.717, 1.165) is 56.2 Å². The molecule has 0 bridgehead atoms. The number of rotatable bonds is 10. The smallest absolute Gasteiger partial charge is 0.263 e. The van der Waals surface area contributed by atoms with Crippen LogP contribution in [0.4, 0.5) is 5.82 Å². The number of hydrogen-bond acceptors (Lipinski definition) is 7. The van der Waals surface area contributed by atoms with Crippen molar-refractivity contribution in [3.8, 4) is 17.2 Å². The van der Waals surface area contributed by atoms with Crippen LogP contribution < -0.4 is 10.0 Å². The number of unbranched alkanes of at least 4 members (excludes halogenated alkanes) is 1. The van der Waals surface area contributed by atoms with Crippen LogP contribution in [0.15, 0.2) is 63.8 Å². The average Bonchev–Trinajstić information content (AvgIpc) is 3.58. The molecular formula is C31H34ClN5O4S. The van der Waals surface area contributed by atoms with Gasteiger partial charge >= 0.3 is 0 Å². The molecule has 3 aromatic rings. The summed E-state index contributed by atoms with van der Waals surface area (Å²) in [5.74, 6) is 0.303. The lowest BCUT2D eigenvalue weighted by Crippen LogP contribution is -2.57. The van der Waals surface area contributed by atoms with Crippen LogP contribution in [0.1, 0.15) is 68.8 Å². The van der Waals surface area contributed by atoms with Crippen LogP contribution in [0.2, 0.25) is 5.02 Å². The minimum atomic E-state index is -4.11. The van der Waals surface area contributed by atoms with E-state index in [2.05, 4.69) is 28.2 Å². The Labute approximate surface area is 251 Å². The van der Waals surface area contributed by atoms with Crippen molar-refractivity contribution in [3.05, 3.63) is 76.3 Å². The van der Waals surface area contributed by atoms with Crippen molar-refractivity contribution in [1.82, 2.24) is 15.4 Å². The van der Waals surface area contributed by atoms with Gasteiger partial charge in [-0.15, -0.1) is 0 Å². The van der Waals surface area contributed by atoms with Gasteiger partial charge in [0.15, 0.2) is 5.76 Å². The second kappa shape index (κ2) is 12.2. The molecule has 2 heterocycles. The van der Waals surface area contributed by atoms with Crippen LogP contribution in [0.25, 0.3) is 11.1 Å². The van der Waals surface area contributed by atoms with E-state index in [9.17, 15) is 18.5 Å². The molecule has 1 spiro atoms. The zero-order chi connectivity index (χ0) is 29.9. The summed E-state index contributed by atoms with van der Waals surface area (Å²) in [7, 11) is -4.11. The van der Waals surface area contributed by atoms with Gasteiger partial charge in [0, 0.05) is 17.5 Å². The first kappa shape index (κ1) is 29.7. The van der Waals surface area contributed by atoms with Crippen LogP contribution >= 0.6 is 11.6 Å². The normalized spacial score (nSPS) is 16.3. The molecule has 0 atom stereocenters. The maximum absolute atomic E-state index is 13.8. The fourth-order valence-electron chi connectivity index (χ4n) is 5.78. The van der Waals surface area contributed by atoms with Gasteiger partial charge < -0.3 is 14.7 Å². The zero-order valence-corrected chi connectivity index (χ0v) is 25.3. The van der Waals surface area contributed by atoms with E-state index in [1.54, 1.807) is 25.1 Å². The number of anilines is 1. The summed E-state index contributed by atoms with van der Waals surface area (Å²) in [6, 6.07) is 14.4. The van der Waals surface area contributed by atoms with Gasteiger partial charge in [-0.3, -0.25) is 9.52 Å². The third-order valence-electron chi connectivity index (χ3n) is 8.03. The van der Waals surface area contributed by atoms with Gasteiger partial charge in [-0.25, -0.2) is 8.42 Å².